The van der Waals surface area contributed by atoms with E-state index in [9.17, 15) is 14.4 Å². The summed E-state index contributed by atoms with van der Waals surface area (Å²) < 4.78 is 16.9. The maximum absolute atomic E-state index is 12.9. The largest absolute Gasteiger partial charge is 0.462 e. The topological polar surface area (TPSA) is 78.9 Å². The van der Waals surface area contributed by atoms with Crippen molar-refractivity contribution in [3.8, 4) is 0 Å². The Bertz CT molecular complexity index is 996. The van der Waals surface area contributed by atoms with Crippen LogP contribution in [0.2, 0.25) is 0 Å². The van der Waals surface area contributed by atoms with Gasteiger partial charge in [0.05, 0.1) is 0 Å². The number of carbonyl (C=O) groups is 3. The molecular weight excluding hydrogens is 817 g/mol. The Morgan fingerprint density at radius 1 is 0.288 bits per heavy atom. The lowest BCUT2D eigenvalue weighted by Gasteiger charge is -2.18. The maximum Gasteiger partial charge on any atom is 0.306 e. The lowest BCUT2D eigenvalue weighted by Crippen LogP contribution is -2.30. The van der Waals surface area contributed by atoms with Gasteiger partial charge in [-0.15, -0.1) is 0 Å². The second-order valence-electron chi connectivity index (χ2n) is 21.1. The van der Waals surface area contributed by atoms with E-state index in [1.54, 1.807) is 0 Å². The fourth-order valence-corrected chi connectivity index (χ4v) is 9.28. The number of hydrogen-bond acceptors (Lipinski definition) is 6. The molecule has 0 bridgehead atoms. The third-order valence-corrected chi connectivity index (χ3v) is 13.8. The van der Waals surface area contributed by atoms with E-state index in [0.717, 1.165) is 63.7 Å². The van der Waals surface area contributed by atoms with E-state index in [-0.39, 0.29) is 31.1 Å². The van der Waals surface area contributed by atoms with Gasteiger partial charge in [-0.3, -0.25) is 14.4 Å². The molecule has 66 heavy (non-hydrogen) atoms. The number of ether oxygens (including phenoxy) is 3. The Labute approximate surface area is 412 Å². The molecule has 0 aliphatic rings. The van der Waals surface area contributed by atoms with Gasteiger partial charge in [-0.1, -0.05) is 304 Å². The zero-order chi connectivity index (χ0) is 48.1. The summed E-state index contributed by atoms with van der Waals surface area (Å²) in [6.07, 6.45) is 59.5. The van der Waals surface area contributed by atoms with Gasteiger partial charge < -0.3 is 14.2 Å². The fourth-order valence-electron chi connectivity index (χ4n) is 9.28. The third-order valence-electron chi connectivity index (χ3n) is 13.8. The number of esters is 3. The minimum absolute atomic E-state index is 0.0616. The van der Waals surface area contributed by atoms with Crippen molar-refractivity contribution < 1.29 is 28.6 Å². The zero-order valence-corrected chi connectivity index (χ0v) is 45.2. The normalized spacial score (nSPS) is 12.0. The summed E-state index contributed by atoms with van der Waals surface area (Å²) in [6.45, 7) is 9.08. The molecule has 0 radical (unpaired) electrons. The van der Waals surface area contributed by atoms with Gasteiger partial charge in [0.1, 0.15) is 13.2 Å². The molecule has 0 amide bonds. The van der Waals surface area contributed by atoms with E-state index in [2.05, 4.69) is 27.7 Å². The van der Waals surface area contributed by atoms with E-state index < -0.39 is 6.10 Å². The molecule has 0 fully saturated rings. The number of unbranched alkanes of at least 4 members (excludes halogenated alkanes) is 42. The molecule has 0 spiro atoms. The second kappa shape index (κ2) is 54.4. The molecule has 0 aromatic carbocycles. The maximum atomic E-state index is 12.9. The Balaban J connectivity index is 4.28. The summed E-state index contributed by atoms with van der Waals surface area (Å²) in [5.41, 5.74) is 0. The van der Waals surface area contributed by atoms with Crippen LogP contribution < -0.4 is 0 Å². The Morgan fingerprint density at radius 2 is 0.500 bits per heavy atom. The van der Waals surface area contributed by atoms with E-state index in [4.69, 9.17) is 14.2 Å². The summed E-state index contributed by atoms with van der Waals surface area (Å²) >= 11 is 0. The highest BCUT2D eigenvalue weighted by Gasteiger charge is 2.19. The summed E-state index contributed by atoms with van der Waals surface area (Å²) in [6, 6.07) is 0. The quantitative estimate of drug-likeness (QED) is 0.0343. The second-order valence-corrected chi connectivity index (χ2v) is 21.1. The number of rotatable bonds is 55. The predicted octanol–water partition coefficient (Wildman–Crippen LogP) is 19.8. The molecule has 1 atom stereocenters. The van der Waals surface area contributed by atoms with Gasteiger partial charge in [0.15, 0.2) is 6.10 Å². The lowest BCUT2D eigenvalue weighted by atomic mass is 10.0. The van der Waals surface area contributed by atoms with E-state index in [1.807, 2.05) is 0 Å². The Hall–Kier alpha value is -1.59. The molecule has 392 valence electrons. The molecule has 6 nitrogen and oxygen atoms in total. The zero-order valence-electron chi connectivity index (χ0n) is 45.2. The summed E-state index contributed by atoms with van der Waals surface area (Å²) in [5.74, 6) is 0.0168. The first-order valence-electron chi connectivity index (χ1n) is 29.9. The van der Waals surface area contributed by atoms with Gasteiger partial charge >= 0.3 is 17.9 Å². The molecule has 0 aliphatic heterocycles. The highest BCUT2D eigenvalue weighted by Crippen LogP contribution is 2.18. The molecule has 0 N–H and O–H groups in total. The van der Waals surface area contributed by atoms with Crippen molar-refractivity contribution in [1.29, 1.82) is 0 Å². The summed E-state index contributed by atoms with van der Waals surface area (Å²) in [7, 11) is 0. The molecule has 0 aromatic heterocycles. The van der Waals surface area contributed by atoms with Crippen LogP contribution in [0.3, 0.4) is 0 Å². The first-order chi connectivity index (χ1) is 32.4. The number of carbonyl (C=O) groups excluding carboxylic acids is 3. The minimum atomic E-state index is -0.762. The van der Waals surface area contributed by atoms with Crippen molar-refractivity contribution in [2.75, 3.05) is 13.2 Å². The van der Waals surface area contributed by atoms with Crippen molar-refractivity contribution in [2.24, 2.45) is 5.92 Å². The Kier molecular flexibility index (Phi) is 53.0. The molecule has 0 saturated carbocycles. The first kappa shape index (κ1) is 64.4. The van der Waals surface area contributed by atoms with Crippen LogP contribution in [-0.2, 0) is 28.6 Å². The van der Waals surface area contributed by atoms with Gasteiger partial charge in [-0.05, 0) is 25.2 Å². The monoisotopic (exact) mass is 933 g/mol. The van der Waals surface area contributed by atoms with Gasteiger partial charge in [0, 0.05) is 19.3 Å². The van der Waals surface area contributed by atoms with Gasteiger partial charge in [-0.2, -0.15) is 0 Å². The van der Waals surface area contributed by atoms with Crippen molar-refractivity contribution in [3.05, 3.63) is 0 Å². The smallest absolute Gasteiger partial charge is 0.306 e. The summed E-state index contributed by atoms with van der Waals surface area (Å²) in [4.78, 5) is 38.2. The van der Waals surface area contributed by atoms with Crippen LogP contribution in [0.1, 0.15) is 342 Å². The van der Waals surface area contributed by atoms with Crippen LogP contribution in [0.4, 0.5) is 0 Å². The van der Waals surface area contributed by atoms with Crippen molar-refractivity contribution >= 4 is 17.9 Å². The molecular formula is C60H116O6. The molecule has 0 aromatic rings. The molecule has 0 saturated heterocycles. The standard InChI is InChI=1S/C60H116O6/c1-5-7-9-11-13-15-17-19-20-21-24-29-33-37-41-45-49-53-60(63)66-57(54-64-58(61)51-47-43-39-35-31-26-18-16-14-12-10-8-6-2)55-65-59(62)52-48-44-40-36-32-28-25-22-23-27-30-34-38-42-46-50-56(3)4/h56-57H,5-55H2,1-4H3/t57-/m1/s1. The van der Waals surface area contributed by atoms with E-state index in [0.29, 0.717) is 19.3 Å². The van der Waals surface area contributed by atoms with E-state index in [1.165, 1.54) is 238 Å². The molecule has 6 heteroatoms. The molecule has 0 heterocycles. The molecule has 0 rings (SSSR count). The van der Waals surface area contributed by atoms with Crippen LogP contribution in [0.25, 0.3) is 0 Å². The highest BCUT2D eigenvalue weighted by atomic mass is 16.6. The van der Waals surface area contributed by atoms with Gasteiger partial charge in [0.25, 0.3) is 0 Å². The van der Waals surface area contributed by atoms with Crippen molar-refractivity contribution in [3.63, 3.8) is 0 Å². The van der Waals surface area contributed by atoms with Gasteiger partial charge in [0.2, 0.25) is 0 Å². The van der Waals surface area contributed by atoms with Crippen LogP contribution in [-0.4, -0.2) is 37.2 Å². The minimum Gasteiger partial charge on any atom is -0.462 e. The molecule has 0 unspecified atom stereocenters. The van der Waals surface area contributed by atoms with Crippen molar-refractivity contribution in [2.45, 2.75) is 348 Å². The van der Waals surface area contributed by atoms with Crippen molar-refractivity contribution in [1.82, 2.24) is 0 Å². The average Bonchev–Trinajstić information content (AvgIpc) is 3.30. The van der Waals surface area contributed by atoms with Crippen LogP contribution in [0.15, 0.2) is 0 Å². The lowest BCUT2D eigenvalue weighted by molar-refractivity contribution is -0.167. The predicted molar refractivity (Wildman–Crippen MR) is 284 cm³/mol. The summed E-state index contributed by atoms with van der Waals surface area (Å²) in [5, 5.41) is 0. The Morgan fingerprint density at radius 3 is 0.742 bits per heavy atom. The SMILES string of the molecule is CCCCCCCCCCCCCCCCCCCC(=O)O[C@H](COC(=O)CCCCCCCCCCCCCCC)COC(=O)CCCCCCCCCCCCCCCCCC(C)C. The fraction of sp³-hybridized carbons (Fsp3) is 0.950. The van der Waals surface area contributed by atoms with Gasteiger partial charge in [-0.25, -0.2) is 0 Å². The van der Waals surface area contributed by atoms with E-state index >= 15 is 0 Å². The van der Waals surface area contributed by atoms with Crippen LogP contribution in [0.5, 0.6) is 0 Å². The first-order valence-corrected chi connectivity index (χ1v) is 29.9. The van der Waals surface area contributed by atoms with Crippen LogP contribution in [0, 0.1) is 5.92 Å². The average molecular weight is 934 g/mol. The van der Waals surface area contributed by atoms with Crippen LogP contribution >= 0.6 is 0 Å². The highest BCUT2D eigenvalue weighted by molar-refractivity contribution is 5.71. The number of hydrogen-bond donors (Lipinski definition) is 0. The third kappa shape index (κ3) is 53.4. The molecule has 0 aliphatic carbocycles.